The van der Waals surface area contributed by atoms with Crippen molar-refractivity contribution in [3.8, 4) is 17.2 Å². The lowest BCUT2D eigenvalue weighted by atomic mass is 9.98. The molecule has 0 radical (unpaired) electrons. The summed E-state index contributed by atoms with van der Waals surface area (Å²) in [5.74, 6) is -1.60. The minimum absolute atomic E-state index is 0.130. The first kappa shape index (κ1) is 32.6. The predicted octanol–water partition coefficient (Wildman–Crippen LogP) is 4.74. The number of hydrogen-bond acceptors (Lipinski definition) is 9. The average molecular weight is 559 g/mol. The van der Waals surface area contributed by atoms with E-state index in [4.69, 9.17) is 23.7 Å². The lowest BCUT2D eigenvalue weighted by Gasteiger charge is -2.33. The van der Waals surface area contributed by atoms with E-state index < -0.39 is 36.1 Å². The normalized spacial score (nSPS) is 14.7. The number of pyridine rings is 1. The van der Waals surface area contributed by atoms with Gasteiger partial charge in [-0.15, -0.1) is 0 Å². The first-order valence-corrected chi connectivity index (χ1v) is 13.7. The molecule has 0 saturated heterocycles. The van der Waals surface area contributed by atoms with Crippen LogP contribution in [0.4, 0.5) is 0 Å². The molecule has 1 N–H and O–H groups in total. The lowest BCUT2D eigenvalue weighted by molar-refractivity contribution is -0.162. The molecule has 0 unspecified atom stereocenters. The molecule has 40 heavy (non-hydrogen) atoms. The van der Waals surface area contributed by atoms with Crippen LogP contribution in [0.5, 0.6) is 17.2 Å². The number of amides is 1. The molecule has 1 heterocycles. The van der Waals surface area contributed by atoms with Crippen LogP contribution in [0.3, 0.4) is 0 Å². The Morgan fingerprint density at radius 3 is 2.27 bits per heavy atom. The number of aromatic nitrogens is 1. The Hall–Kier alpha value is -3.66. The summed E-state index contributed by atoms with van der Waals surface area (Å²) < 4.78 is 28.7. The zero-order valence-corrected chi connectivity index (χ0v) is 24.5. The van der Waals surface area contributed by atoms with Gasteiger partial charge in [0.15, 0.2) is 17.5 Å². The second-order valence-electron chi connectivity index (χ2n) is 9.48. The number of ether oxygens (including phenoxy) is 5. The van der Waals surface area contributed by atoms with Crippen molar-refractivity contribution in [2.45, 2.75) is 85.2 Å². The van der Waals surface area contributed by atoms with Gasteiger partial charge in [0.2, 0.25) is 5.75 Å². The number of hydrogen-bond donors (Lipinski definition) is 1. The molecule has 2 aromatic rings. The molecule has 0 aliphatic rings. The van der Waals surface area contributed by atoms with Gasteiger partial charge in [0.1, 0.15) is 17.9 Å². The maximum atomic E-state index is 13.5. The smallest absolute Gasteiger partial charge is 0.329 e. The molecule has 5 atom stereocenters. The molecule has 0 saturated carbocycles. The van der Waals surface area contributed by atoms with Crippen molar-refractivity contribution in [3.05, 3.63) is 48.3 Å². The summed E-state index contributed by atoms with van der Waals surface area (Å²) in [7, 11) is 1.38. The quantitative estimate of drug-likeness (QED) is 0.291. The Balaban J connectivity index is 2.30. The summed E-state index contributed by atoms with van der Waals surface area (Å²) in [6.45, 7) is 11.2. The molecule has 2 rings (SSSR count). The summed E-state index contributed by atoms with van der Waals surface area (Å²) in [5, 5.41) is 2.73. The van der Waals surface area contributed by atoms with Gasteiger partial charge in [-0.05, 0) is 37.8 Å². The van der Waals surface area contributed by atoms with Gasteiger partial charge in [-0.1, -0.05) is 52.3 Å². The van der Waals surface area contributed by atoms with E-state index in [1.54, 1.807) is 6.92 Å². The monoisotopic (exact) mass is 558 g/mol. The molecule has 0 aliphatic heterocycles. The van der Waals surface area contributed by atoms with Crippen LogP contribution in [-0.4, -0.2) is 60.9 Å². The van der Waals surface area contributed by atoms with Crippen molar-refractivity contribution in [1.82, 2.24) is 10.3 Å². The summed E-state index contributed by atoms with van der Waals surface area (Å²) >= 11 is 0. The van der Waals surface area contributed by atoms with Crippen LogP contribution in [0.1, 0.15) is 71.3 Å². The third-order valence-corrected chi connectivity index (χ3v) is 6.39. The number of carbonyl (C=O) groups excluding carboxylic acids is 3. The molecule has 0 fully saturated rings. The molecular formula is C30H42N2O8. The van der Waals surface area contributed by atoms with E-state index in [2.05, 4.69) is 10.3 Å². The van der Waals surface area contributed by atoms with Gasteiger partial charge >= 0.3 is 11.9 Å². The molecule has 10 nitrogen and oxygen atoms in total. The first-order chi connectivity index (χ1) is 19.2. The number of rotatable bonds is 16. The van der Waals surface area contributed by atoms with Gasteiger partial charge < -0.3 is 29.0 Å². The lowest BCUT2D eigenvalue weighted by Crippen LogP contribution is -2.50. The number of nitrogens with zero attached hydrogens (tertiary/aromatic N) is 1. The van der Waals surface area contributed by atoms with Crippen molar-refractivity contribution in [1.29, 1.82) is 0 Å². The van der Waals surface area contributed by atoms with E-state index in [-0.39, 0.29) is 29.2 Å². The van der Waals surface area contributed by atoms with Gasteiger partial charge in [0.05, 0.1) is 13.2 Å². The van der Waals surface area contributed by atoms with Crippen molar-refractivity contribution >= 4 is 17.8 Å². The molecule has 1 aromatic carbocycles. The summed E-state index contributed by atoms with van der Waals surface area (Å²) in [6, 6.07) is 9.74. The van der Waals surface area contributed by atoms with E-state index in [0.29, 0.717) is 25.2 Å². The minimum Gasteiger partial charge on any atom is -0.493 e. The largest absolute Gasteiger partial charge is 0.493 e. The van der Waals surface area contributed by atoms with Crippen LogP contribution < -0.4 is 19.5 Å². The first-order valence-electron chi connectivity index (χ1n) is 13.7. The molecule has 220 valence electrons. The zero-order valence-electron chi connectivity index (χ0n) is 24.5. The molecule has 0 bridgehead atoms. The van der Waals surface area contributed by atoms with Crippen LogP contribution in [0.15, 0.2) is 42.6 Å². The Bertz CT molecular complexity index is 1090. The Labute approximate surface area is 236 Å². The van der Waals surface area contributed by atoms with E-state index in [1.165, 1.54) is 26.3 Å². The standard InChI is InChI=1S/C30H42N2O8/c1-8-18-37-23(10-3)27(40-22-14-12-11-13-15-22)20(5)38-30(35)25(19(4)9-2)32-29(34)26-28(39-21(6)33)24(36-7)16-17-31-26/h11-17,19-20,23,25,27H,8-10,18H2,1-7H3,(H,32,34)/t19-,20-,23-,25-,27-/m0/s1. The number of esters is 2. The van der Waals surface area contributed by atoms with E-state index in [1.807, 2.05) is 58.0 Å². The summed E-state index contributed by atoms with van der Waals surface area (Å²) in [6.07, 6.45) is 1.79. The maximum Gasteiger partial charge on any atom is 0.329 e. The Kier molecular flexibility index (Phi) is 13.4. The predicted molar refractivity (Wildman–Crippen MR) is 150 cm³/mol. The van der Waals surface area contributed by atoms with Crippen LogP contribution in [0.2, 0.25) is 0 Å². The third-order valence-electron chi connectivity index (χ3n) is 6.39. The number of para-hydroxylation sites is 1. The highest BCUT2D eigenvalue weighted by atomic mass is 16.6. The Morgan fingerprint density at radius 2 is 1.70 bits per heavy atom. The number of benzene rings is 1. The van der Waals surface area contributed by atoms with E-state index >= 15 is 0 Å². The van der Waals surface area contributed by atoms with Crippen LogP contribution >= 0.6 is 0 Å². The maximum absolute atomic E-state index is 13.5. The van der Waals surface area contributed by atoms with Gasteiger partial charge in [0.25, 0.3) is 5.91 Å². The van der Waals surface area contributed by atoms with Crippen molar-refractivity contribution < 1.29 is 38.1 Å². The molecule has 10 heteroatoms. The highest BCUT2D eigenvalue weighted by molar-refractivity contribution is 5.98. The Morgan fingerprint density at radius 1 is 1.00 bits per heavy atom. The third kappa shape index (κ3) is 9.22. The van der Waals surface area contributed by atoms with Gasteiger partial charge in [-0.25, -0.2) is 9.78 Å². The molecular weight excluding hydrogens is 516 g/mol. The number of nitrogens with one attached hydrogen (secondary N) is 1. The number of methoxy groups -OCH3 is 1. The fraction of sp³-hybridized carbons (Fsp3) is 0.533. The SMILES string of the molecule is CCCO[C@@H](CC)[C@@H](Oc1ccccc1)[C@H](C)OC(=O)[C@@H](NC(=O)c1nccc(OC)c1OC(C)=O)[C@@H](C)CC. The molecule has 1 aromatic heterocycles. The second-order valence-corrected chi connectivity index (χ2v) is 9.48. The zero-order chi connectivity index (χ0) is 29.7. The van der Waals surface area contributed by atoms with Crippen LogP contribution in [0.25, 0.3) is 0 Å². The van der Waals surface area contributed by atoms with E-state index in [0.717, 1.165) is 6.42 Å². The van der Waals surface area contributed by atoms with Gasteiger partial charge in [-0.2, -0.15) is 0 Å². The molecule has 0 aliphatic carbocycles. The fourth-order valence-electron chi connectivity index (χ4n) is 4.04. The van der Waals surface area contributed by atoms with E-state index in [9.17, 15) is 14.4 Å². The van der Waals surface area contributed by atoms with Crippen molar-refractivity contribution in [2.24, 2.45) is 5.92 Å². The van der Waals surface area contributed by atoms with Crippen LogP contribution in [0, 0.1) is 5.92 Å². The summed E-state index contributed by atoms with van der Waals surface area (Å²) in [5.41, 5.74) is -0.187. The van der Waals surface area contributed by atoms with Gasteiger partial charge in [0, 0.05) is 25.8 Å². The minimum atomic E-state index is -1.01. The number of carbonyl (C=O) groups is 3. The van der Waals surface area contributed by atoms with Gasteiger partial charge in [-0.3, -0.25) is 9.59 Å². The van der Waals surface area contributed by atoms with Crippen molar-refractivity contribution in [3.63, 3.8) is 0 Å². The fourth-order valence-corrected chi connectivity index (χ4v) is 4.04. The highest BCUT2D eigenvalue weighted by Gasteiger charge is 2.36. The van der Waals surface area contributed by atoms with Crippen molar-refractivity contribution in [2.75, 3.05) is 13.7 Å². The second kappa shape index (κ2) is 16.4. The summed E-state index contributed by atoms with van der Waals surface area (Å²) in [4.78, 5) is 42.6. The van der Waals surface area contributed by atoms with Crippen LogP contribution in [-0.2, 0) is 19.1 Å². The highest BCUT2D eigenvalue weighted by Crippen LogP contribution is 2.30. The topological polar surface area (TPSA) is 122 Å². The average Bonchev–Trinajstić information content (AvgIpc) is 2.95. The molecule has 0 spiro atoms. The molecule has 1 amide bonds.